The van der Waals surface area contributed by atoms with Crippen LogP contribution in [-0.4, -0.2) is 77.4 Å². The van der Waals surface area contributed by atoms with Gasteiger partial charge in [-0.15, -0.1) is 0 Å². The number of hydrogen-bond donors (Lipinski definition) is 4. The summed E-state index contributed by atoms with van der Waals surface area (Å²) >= 11 is 0. The monoisotopic (exact) mass is 543 g/mol. The van der Waals surface area contributed by atoms with Crippen molar-refractivity contribution in [1.82, 2.24) is 20.9 Å². The number of quaternary nitrogens is 1. The third kappa shape index (κ3) is 5.67. The maximum absolute atomic E-state index is 13.2. The Bertz CT molecular complexity index is 944. The second-order valence-corrected chi connectivity index (χ2v) is 13.6. The summed E-state index contributed by atoms with van der Waals surface area (Å²) in [6.07, 6.45) is 15.9. The van der Waals surface area contributed by atoms with Crippen LogP contribution in [0.1, 0.15) is 111 Å². The minimum Gasteiger partial charge on any atom is -0.462 e. The molecule has 4 N–H and O–H groups in total. The number of carbonyl (C=O) groups is 2. The molecule has 5 saturated heterocycles. The van der Waals surface area contributed by atoms with E-state index in [0.29, 0.717) is 30.6 Å². The average Bonchev–Trinajstić information content (AvgIpc) is 3.48. The first-order valence-electron chi connectivity index (χ1n) is 16.1. The van der Waals surface area contributed by atoms with E-state index in [1.807, 2.05) is 6.92 Å². The zero-order valence-corrected chi connectivity index (χ0v) is 24.3. The van der Waals surface area contributed by atoms with E-state index in [1.54, 1.807) is 0 Å². The Kier molecular flexibility index (Phi) is 8.09. The number of nitrogens with one attached hydrogen (secondary N) is 4. The Morgan fingerprint density at radius 3 is 2.67 bits per heavy atom. The Morgan fingerprint density at radius 1 is 1.05 bits per heavy atom. The number of rotatable bonds is 10. The van der Waals surface area contributed by atoms with Gasteiger partial charge in [-0.05, 0) is 65.7 Å². The lowest BCUT2D eigenvalue weighted by Gasteiger charge is -2.46. The van der Waals surface area contributed by atoms with E-state index in [0.717, 1.165) is 31.7 Å². The van der Waals surface area contributed by atoms with Gasteiger partial charge in [0.1, 0.15) is 12.0 Å². The number of amides is 1. The fraction of sp³-hybridized carbons (Fsp3) is 0.900. The quantitative estimate of drug-likeness (QED) is 0.248. The van der Waals surface area contributed by atoms with Crippen LogP contribution in [0.4, 0.5) is 0 Å². The molecule has 9 heteroatoms. The van der Waals surface area contributed by atoms with Crippen LogP contribution in [0.3, 0.4) is 0 Å². The lowest BCUT2D eigenvalue weighted by Crippen LogP contribution is -3.27. The van der Waals surface area contributed by atoms with Crippen LogP contribution in [0.2, 0.25) is 0 Å². The summed E-state index contributed by atoms with van der Waals surface area (Å²) in [7, 11) is 0. The van der Waals surface area contributed by atoms with E-state index >= 15 is 0 Å². The number of esters is 1. The van der Waals surface area contributed by atoms with Gasteiger partial charge < -0.3 is 15.0 Å². The highest BCUT2D eigenvalue weighted by atomic mass is 16.5. The van der Waals surface area contributed by atoms with Crippen LogP contribution in [0, 0.1) is 5.92 Å². The van der Waals surface area contributed by atoms with Gasteiger partial charge in [0.05, 0.1) is 24.6 Å². The van der Waals surface area contributed by atoms with E-state index < -0.39 is 0 Å². The van der Waals surface area contributed by atoms with Crippen molar-refractivity contribution in [2.45, 2.75) is 165 Å². The molecule has 0 bridgehead atoms. The maximum Gasteiger partial charge on any atom is 0.316 e. The van der Waals surface area contributed by atoms with E-state index in [2.05, 4.69) is 34.7 Å². The molecule has 0 saturated carbocycles. The second-order valence-electron chi connectivity index (χ2n) is 13.6. The molecule has 6 rings (SSSR count). The second kappa shape index (κ2) is 11.6. The van der Waals surface area contributed by atoms with Crippen LogP contribution in [0.15, 0.2) is 4.99 Å². The van der Waals surface area contributed by atoms with Crippen molar-refractivity contribution < 1.29 is 19.2 Å². The summed E-state index contributed by atoms with van der Waals surface area (Å²) in [6, 6.07) is 3.04. The molecule has 0 aromatic rings. The van der Waals surface area contributed by atoms with Crippen molar-refractivity contribution in [1.29, 1.82) is 0 Å². The fourth-order valence-electron chi connectivity index (χ4n) is 8.86. The molecule has 6 aliphatic rings. The number of ether oxygens (including phenoxy) is 1. The summed E-state index contributed by atoms with van der Waals surface area (Å²) < 4.78 is 5.99. The van der Waals surface area contributed by atoms with Gasteiger partial charge in [-0.1, -0.05) is 25.7 Å². The van der Waals surface area contributed by atoms with Crippen LogP contribution in [0.25, 0.3) is 0 Å². The molecule has 0 radical (unpaired) electrons. The van der Waals surface area contributed by atoms with E-state index in [4.69, 9.17) is 9.73 Å². The molecule has 6 heterocycles. The zero-order chi connectivity index (χ0) is 27.1. The van der Waals surface area contributed by atoms with Gasteiger partial charge in [-0.3, -0.25) is 19.8 Å². The largest absolute Gasteiger partial charge is 0.462 e. The van der Waals surface area contributed by atoms with Crippen molar-refractivity contribution >= 4 is 17.8 Å². The van der Waals surface area contributed by atoms with Gasteiger partial charge in [-0.2, -0.15) is 0 Å². The molecule has 0 aromatic heterocycles. The molecular formula is C30H51N6O3+. The van der Waals surface area contributed by atoms with Gasteiger partial charge in [-0.25, -0.2) is 10.3 Å². The predicted octanol–water partition coefficient (Wildman–Crippen LogP) is 1.82. The first kappa shape index (κ1) is 27.3. The third-order valence-corrected chi connectivity index (χ3v) is 10.6. The zero-order valence-electron chi connectivity index (χ0n) is 24.3. The van der Waals surface area contributed by atoms with Gasteiger partial charge in [0.15, 0.2) is 5.96 Å². The predicted molar refractivity (Wildman–Crippen MR) is 150 cm³/mol. The lowest BCUT2D eigenvalue weighted by atomic mass is 9.88. The number of carbonyl (C=O) groups excluding carboxylic acids is 2. The first-order valence-corrected chi connectivity index (χ1v) is 16.1. The SMILES string of the molecule is CC(CCCCCCC[C@@H]1C[C@@H]2CC[C@@H]3C[C@H](C)NC(=N1)N32)OC(=O)[C@H]1[C@@H](C)NC2NC(=O)C[C@@H]3CC[C@@H]1[NH+]23. The van der Waals surface area contributed by atoms with E-state index in [9.17, 15) is 9.59 Å². The topological polar surface area (TPSA) is 99.5 Å². The van der Waals surface area contributed by atoms with E-state index in [-0.39, 0.29) is 42.3 Å². The molecule has 9 nitrogen and oxygen atoms in total. The Balaban J connectivity index is 0.875. The summed E-state index contributed by atoms with van der Waals surface area (Å²) in [5, 5.41) is 10.2. The molecule has 3 unspecified atom stereocenters. The minimum atomic E-state index is -0.142. The molecule has 0 aliphatic carbocycles. The third-order valence-electron chi connectivity index (χ3n) is 10.6. The summed E-state index contributed by atoms with van der Waals surface area (Å²) in [5.41, 5.74) is 0. The average molecular weight is 544 g/mol. The first-order chi connectivity index (χ1) is 18.9. The van der Waals surface area contributed by atoms with Crippen LogP contribution < -0.4 is 20.9 Å². The molecular weight excluding hydrogens is 492 g/mol. The molecule has 5 fully saturated rings. The molecule has 0 spiro atoms. The van der Waals surface area contributed by atoms with Crippen LogP contribution in [-0.2, 0) is 14.3 Å². The summed E-state index contributed by atoms with van der Waals surface area (Å²) in [6.45, 7) is 6.40. The summed E-state index contributed by atoms with van der Waals surface area (Å²) in [5.74, 6) is 1.12. The van der Waals surface area contributed by atoms with Crippen LogP contribution >= 0.6 is 0 Å². The molecule has 11 atom stereocenters. The molecule has 1 amide bonds. The van der Waals surface area contributed by atoms with Crippen molar-refractivity contribution in [2.24, 2.45) is 10.9 Å². The highest BCUT2D eigenvalue weighted by Gasteiger charge is 2.57. The smallest absolute Gasteiger partial charge is 0.316 e. The van der Waals surface area contributed by atoms with Gasteiger partial charge >= 0.3 is 5.97 Å². The molecule has 218 valence electrons. The Hall–Kier alpha value is -1.87. The molecule has 6 aliphatic heterocycles. The standard InChI is InChI=1S/C30H50N6O3/c1-18-15-22-11-12-23-16-21(33-29(31-18)35(22)23)10-8-6-4-5-7-9-19(2)39-28(38)27-20(3)32-30-34-26(37)17-24-13-14-25(27)36(24)30/h18-25,27,30,32H,4-17H2,1-3H3,(H,31,33)(H,34,37)/p+1/t18-,19?,20+,21+,22+,23-,24-,25-,27-,30?/m0/s1. The highest BCUT2D eigenvalue weighted by Crippen LogP contribution is 2.36. The van der Waals surface area contributed by atoms with Crippen LogP contribution in [0.5, 0.6) is 0 Å². The van der Waals surface area contributed by atoms with Crippen molar-refractivity contribution in [3.63, 3.8) is 0 Å². The summed E-state index contributed by atoms with van der Waals surface area (Å²) in [4.78, 5) is 34.4. The van der Waals surface area contributed by atoms with Crippen molar-refractivity contribution in [2.75, 3.05) is 0 Å². The van der Waals surface area contributed by atoms with Gasteiger partial charge in [0.25, 0.3) is 0 Å². The number of nitrogens with zero attached hydrogens (tertiary/aromatic N) is 2. The van der Waals surface area contributed by atoms with Crippen molar-refractivity contribution in [3.05, 3.63) is 0 Å². The highest BCUT2D eigenvalue weighted by molar-refractivity contribution is 5.83. The minimum absolute atomic E-state index is 0.00497. The number of hydrogen-bond acceptors (Lipinski definition) is 7. The number of aliphatic imine (C=N–C) groups is 1. The Labute approximate surface area is 234 Å². The van der Waals surface area contributed by atoms with Crippen molar-refractivity contribution in [3.8, 4) is 0 Å². The van der Waals surface area contributed by atoms with Gasteiger partial charge in [0, 0.05) is 37.0 Å². The normalized spacial score (nSPS) is 41.2. The van der Waals surface area contributed by atoms with Gasteiger partial charge in [0.2, 0.25) is 12.2 Å². The molecule has 0 aromatic carbocycles. The lowest BCUT2D eigenvalue weighted by molar-refractivity contribution is -0.975. The Morgan fingerprint density at radius 2 is 1.82 bits per heavy atom. The maximum atomic E-state index is 13.2. The fourth-order valence-corrected chi connectivity index (χ4v) is 8.86. The number of guanidine groups is 1. The molecule has 39 heavy (non-hydrogen) atoms. The number of unbranched alkanes of at least 4 members (excludes halogenated alkanes) is 4. The van der Waals surface area contributed by atoms with E-state index in [1.165, 1.54) is 68.6 Å².